The molecular weight excluding hydrogens is 468 g/mol. The molecule has 4 nitrogen and oxygen atoms in total. The van der Waals surface area contributed by atoms with E-state index in [-0.39, 0.29) is 5.75 Å². The number of amides is 1. The average Bonchev–Trinajstić information content (AvgIpc) is 3.18. The van der Waals surface area contributed by atoms with Crippen molar-refractivity contribution in [1.29, 1.82) is 0 Å². The Morgan fingerprint density at radius 1 is 1.00 bits per heavy atom. The first-order valence-electron chi connectivity index (χ1n) is 9.11. The lowest BCUT2D eigenvalue weighted by molar-refractivity contribution is 0.0738. The van der Waals surface area contributed by atoms with Crippen molar-refractivity contribution in [2.24, 2.45) is 5.10 Å². The van der Waals surface area contributed by atoms with Gasteiger partial charge in [0.1, 0.15) is 45.0 Å². The minimum atomic E-state index is -1.36. The maximum atomic E-state index is 14.3. The Hall–Kier alpha value is -3.04. The van der Waals surface area contributed by atoms with Gasteiger partial charge in [0, 0.05) is 34.3 Å². The molecule has 1 aliphatic heterocycles. The molecular formula is C22H13ClF4N2O2S. The van der Waals surface area contributed by atoms with Gasteiger partial charge in [0.2, 0.25) is 0 Å². The molecule has 0 aliphatic carbocycles. The van der Waals surface area contributed by atoms with Crippen molar-refractivity contribution >= 4 is 34.3 Å². The molecule has 0 fully saturated rings. The molecule has 0 saturated carbocycles. The molecule has 1 amide bonds. The lowest BCUT2D eigenvalue weighted by atomic mass is 10.1. The summed E-state index contributed by atoms with van der Waals surface area (Å²) in [5, 5.41) is 5.04. The van der Waals surface area contributed by atoms with Crippen molar-refractivity contribution in [1.82, 2.24) is 5.01 Å². The molecule has 4 rings (SSSR count). The van der Waals surface area contributed by atoms with E-state index < -0.39 is 40.1 Å². The molecule has 10 heteroatoms. The van der Waals surface area contributed by atoms with Crippen LogP contribution in [0.5, 0.6) is 5.75 Å². The van der Waals surface area contributed by atoms with Crippen molar-refractivity contribution in [2.75, 3.05) is 7.11 Å². The molecule has 1 heterocycles. The highest BCUT2D eigenvalue weighted by molar-refractivity contribution is 8.14. The second-order valence-corrected chi connectivity index (χ2v) is 8.17. The van der Waals surface area contributed by atoms with Crippen LogP contribution in [0.15, 0.2) is 59.7 Å². The van der Waals surface area contributed by atoms with Crippen LogP contribution in [0.3, 0.4) is 0 Å². The number of hydrogen-bond acceptors (Lipinski definition) is 4. The number of methoxy groups -OCH3 is 1. The monoisotopic (exact) mass is 480 g/mol. The molecule has 0 saturated heterocycles. The van der Waals surface area contributed by atoms with Gasteiger partial charge >= 0.3 is 0 Å². The maximum absolute atomic E-state index is 14.3. The largest absolute Gasteiger partial charge is 0.496 e. The topological polar surface area (TPSA) is 41.9 Å². The number of carbonyl (C=O) groups is 1. The molecule has 3 aromatic carbocycles. The molecule has 0 spiro atoms. The Bertz CT molecular complexity index is 1210. The van der Waals surface area contributed by atoms with E-state index in [1.54, 1.807) is 24.3 Å². The summed E-state index contributed by atoms with van der Waals surface area (Å²) in [4.78, 5) is 13.1. The SMILES string of the molecule is COc1cc(F)ccc1[C@H]1SC(c2ccc(Cl)cc2)=NN1C(=O)c1c(F)cc(F)cc1F. The molecule has 1 aliphatic rings. The first-order chi connectivity index (χ1) is 15.3. The van der Waals surface area contributed by atoms with Crippen molar-refractivity contribution < 1.29 is 27.1 Å². The lowest BCUT2D eigenvalue weighted by Gasteiger charge is -2.23. The summed E-state index contributed by atoms with van der Waals surface area (Å²) < 4.78 is 61.0. The Morgan fingerprint density at radius 2 is 1.66 bits per heavy atom. The van der Waals surface area contributed by atoms with Crippen molar-refractivity contribution in [3.63, 3.8) is 0 Å². The van der Waals surface area contributed by atoms with Crippen LogP contribution >= 0.6 is 23.4 Å². The average molecular weight is 481 g/mol. The first-order valence-corrected chi connectivity index (χ1v) is 10.4. The second kappa shape index (κ2) is 8.84. The minimum Gasteiger partial charge on any atom is -0.496 e. The van der Waals surface area contributed by atoms with E-state index in [2.05, 4.69) is 5.10 Å². The summed E-state index contributed by atoms with van der Waals surface area (Å²) in [6, 6.07) is 11.1. The Kier molecular flexibility index (Phi) is 6.12. The van der Waals surface area contributed by atoms with Crippen LogP contribution in [0, 0.1) is 23.3 Å². The van der Waals surface area contributed by atoms with E-state index in [1.165, 1.54) is 19.2 Å². The van der Waals surface area contributed by atoms with E-state index in [0.717, 1.165) is 22.8 Å². The summed E-state index contributed by atoms with van der Waals surface area (Å²) in [6.45, 7) is 0. The number of thioether (sulfide) groups is 1. The number of benzene rings is 3. The van der Waals surface area contributed by atoms with Gasteiger partial charge in [0.25, 0.3) is 5.91 Å². The fourth-order valence-corrected chi connectivity index (χ4v) is 4.45. The maximum Gasteiger partial charge on any atom is 0.281 e. The van der Waals surface area contributed by atoms with E-state index in [1.807, 2.05) is 0 Å². The fourth-order valence-electron chi connectivity index (χ4n) is 3.14. The third-order valence-electron chi connectivity index (χ3n) is 4.63. The van der Waals surface area contributed by atoms with Gasteiger partial charge in [0.05, 0.1) is 7.11 Å². The number of rotatable bonds is 4. The predicted octanol–water partition coefficient (Wildman–Crippen LogP) is 6.15. The Labute approximate surface area is 189 Å². The normalized spacial score (nSPS) is 15.6. The molecule has 1 atom stereocenters. The number of carbonyl (C=O) groups excluding carboxylic acids is 1. The molecule has 0 unspecified atom stereocenters. The lowest BCUT2D eigenvalue weighted by Crippen LogP contribution is -2.28. The van der Waals surface area contributed by atoms with Crippen LogP contribution < -0.4 is 4.74 Å². The van der Waals surface area contributed by atoms with Gasteiger partial charge in [-0.2, -0.15) is 5.10 Å². The number of hydrogen-bond donors (Lipinski definition) is 0. The predicted molar refractivity (Wildman–Crippen MR) is 114 cm³/mol. The van der Waals surface area contributed by atoms with Gasteiger partial charge in [-0.25, -0.2) is 22.6 Å². The third-order valence-corrected chi connectivity index (χ3v) is 6.09. The van der Waals surface area contributed by atoms with Crippen LogP contribution in [0.4, 0.5) is 17.6 Å². The molecule has 3 aromatic rings. The smallest absolute Gasteiger partial charge is 0.281 e. The zero-order valence-corrected chi connectivity index (χ0v) is 17.9. The zero-order valence-electron chi connectivity index (χ0n) is 16.3. The fraction of sp³-hybridized carbons (Fsp3) is 0.0909. The van der Waals surface area contributed by atoms with Gasteiger partial charge in [-0.05, 0) is 24.3 Å². The quantitative estimate of drug-likeness (QED) is 0.420. The van der Waals surface area contributed by atoms with Crippen LogP contribution in [0.25, 0.3) is 0 Å². The van der Waals surface area contributed by atoms with Crippen LogP contribution in [-0.2, 0) is 0 Å². The number of hydrazone groups is 1. The van der Waals surface area contributed by atoms with E-state index >= 15 is 0 Å². The van der Waals surface area contributed by atoms with Gasteiger partial charge < -0.3 is 4.74 Å². The molecule has 0 aromatic heterocycles. The van der Waals surface area contributed by atoms with Crippen LogP contribution in [0.1, 0.15) is 26.9 Å². The first kappa shape index (κ1) is 22.2. The minimum absolute atomic E-state index is 0.118. The van der Waals surface area contributed by atoms with Gasteiger partial charge in [-0.15, -0.1) is 0 Å². The molecule has 0 bridgehead atoms. The van der Waals surface area contributed by atoms with E-state index in [9.17, 15) is 22.4 Å². The highest BCUT2D eigenvalue weighted by Gasteiger charge is 2.38. The molecule has 164 valence electrons. The summed E-state index contributed by atoms with van der Waals surface area (Å²) in [5.74, 6) is -5.47. The molecule has 0 radical (unpaired) electrons. The van der Waals surface area contributed by atoms with Gasteiger partial charge in [-0.3, -0.25) is 4.79 Å². The second-order valence-electron chi connectivity index (χ2n) is 6.66. The zero-order chi connectivity index (χ0) is 23.0. The number of ether oxygens (including phenoxy) is 1. The van der Waals surface area contributed by atoms with Crippen LogP contribution in [-0.4, -0.2) is 23.1 Å². The van der Waals surface area contributed by atoms with Crippen molar-refractivity contribution in [2.45, 2.75) is 5.37 Å². The summed E-state index contributed by atoms with van der Waals surface area (Å²) in [5.41, 5.74) is -0.0112. The van der Waals surface area contributed by atoms with Crippen molar-refractivity contribution in [3.05, 3.63) is 99.6 Å². The van der Waals surface area contributed by atoms with E-state index in [4.69, 9.17) is 16.3 Å². The van der Waals surface area contributed by atoms with Crippen LogP contribution in [0.2, 0.25) is 5.02 Å². The van der Waals surface area contributed by atoms with Gasteiger partial charge in [0.15, 0.2) is 0 Å². The molecule has 0 N–H and O–H groups in total. The van der Waals surface area contributed by atoms with E-state index in [0.29, 0.717) is 33.3 Å². The van der Waals surface area contributed by atoms with Crippen molar-refractivity contribution in [3.8, 4) is 5.75 Å². The van der Waals surface area contributed by atoms with Gasteiger partial charge in [-0.1, -0.05) is 35.5 Å². The third kappa shape index (κ3) is 4.18. The summed E-state index contributed by atoms with van der Waals surface area (Å²) in [6.07, 6.45) is 0. The Balaban J connectivity index is 1.82. The molecule has 32 heavy (non-hydrogen) atoms. The highest BCUT2D eigenvalue weighted by Crippen LogP contribution is 2.45. The highest BCUT2D eigenvalue weighted by atomic mass is 35.5. The summed E-state index contributed by atoms with van der Waals surface area (Å²) >= 11 is 7.02. The summed E-state index contributed by atoms with van der Waals surface area (Å²) in [7, 11) is 1.32. The number of halogens is 5. The standard InChI is InChI=1S/C22H13ClF4N2O2S/c1-31-18-10-13(24)6-7-15(18)22-29(21(30)19-16(26)8-14(25)9-17(19)27)28-20(32-22)11-2-4-12(23)5-3-11/h2-10,22H,1H3/t22-/m1/s1. The Morgan fingerprint density at radius 3 is 2.28 bits per heavy atom. The number of nitrogens with zero attached hydrogens (tertiary/aromatic N) is 2.